The molecule has 1 atom stereocenters. The van der Waals surface area contributed by atoms with Crippen LogP contribution in [0.3, 0.4) is 0 Å². The third kappa shape index (κ3) is 4.22. The fourth-order valence-electron chi connectivity index (χ4n) is 3.12. The number of nitrogens with one attached hydrogen (secondary N) is 1. The first-order valence-corrected chi connectivity index (χ1v) is 9.00. The zero-order valence-electron chi connectivity index (χ0n) is 15.8. The summed E-state index contributed by atoms with van der Waals surface area (Å²) < 4.78 is 10.8. The summed E-state index contributed by atoms with van der Waals surface area (Å²) in [6.07, 6.45) is 0.202. The van der Waals surface area contributed by atoms with Crippen LogP contribution >= 0.6 is 0 Å². The number of rotatable bonds is 6. The van der Waals surface area contributed by atoms with Crippen molar-refractivity contribution in [3.63, 3.8) is 0 Å². The molecule has 1 saturated heterocycles. The molecule has 0 aliphatic carbocycles. The highest BCUT2D eigenvalue weighted by Gasteiger charge is 2.35. The number of methoxy groups -OCH3 is 1. The van der Waals surface area contributed by atoms with Crippen molar-refractivity contribution in [1.82, 2.24) is 0 Å². The molecule has 0 saturated carbocycles. The molecule has 1 fully saturated rings. The van der Waals surface area contributed by atoms with Crippen LogP contribution in [0.2, 0.25) is 0 Å². The van der Waals surface area contributed by atoms with Crippen LogP contribution in [-0.4, -0.2) is 32.1 Å². The summed E-state index contributed by atoms with van der Waals surface area (Å²) in [5, 5.41) is 2.88. The lowest BCUT2D eigenvalue weighted by Crippen LogP contribution is -2.28. The Balaban J connectivity index is 1.68. The molecule has 0 unspecified atom stereocenters. The molecule has 1 aliphatic heterocycles. The number of aryl methyl sites for hydroxylation is 1. The Labute approximate surface area is 159 Å². The minimum atomic E-state index is -0.392. The van der Waals surface area contributed by atoms with E-state index >= 15 is 0 Å². The van der Waals surface area contributed by atoms with Gasteiger partial charge < -0.3 is 19.7 Å². The fourth-order valence-corrected chi connectivity index (χ4v) is 3.12. The third-order valence-electron chi connectivity index (χ3n) is 4.57. The number of carbonyl (C=O) groups is 2. The SMILES string of the molecule is CCOc1ccc(NC(=O)[C@@H]2CC(=O)N(c3ccc(C)cc3)C2)cc1OC. The van der Waals surface area contributed by atoms with Crippen LogP contribution in [0.15, 0.2) is 42.5 Å². The molecule has 1 heterocycles. The van der Waals surface area contributed by atoms with Crippen molar-refractivity contribution in [2.75, 3.05) is 30.5 Å². The zero-order valence-corrected chi connectivity index (χ0v) is 15.8. The predicted octanol–water partition coefficient (Wildman–Crippen LogP) is 3.39. The van der Waals surface area contributed by atoms with Crippen LogP contribution in [0, 0.1) is 12.8 Å². The standard InChI is InChI=1S/C21H24N2O4/c1-4-27-18-10-7-16(12-19(18)26-3)22-21(25)15-11-20(24)23(13-15)17-8-5-14(2)6-9-17/h5-10,12,15H,4,11,13H2,1-3H3,(H,22,25)/t15-/m1/s1. The second kappa shape index (κ2) is 8.12. The highest BCUT2D eigenvalue weighted by atomic mass is 16.5. The van der Waals surface area contributed by atoms with Gasteiger partial charge in [0.2, 0.25) is 11.8 Å². The smallest absolute Gasteiger partial charge is 0.229 e. The van der Waals surface area contributed by atoms with Gasteiger partial charge in [-0.05, 0) is 38.1 Å². The van der Waals surface area contributed by atoms with E-state index in [-0.39, 0.29) is 18.2 Å². The maximum absolute atomic E-state index is 12.6. The first kappa shape index (κ1) is 18.8. The summed E-state index contributed by atoms with van der Waals surface area (Å²) >= 11 is 0. The summed E-state index contributed by atoms with van der Waals surface area (Å²) in [5.41, 5.74) is 2.56. The van der Waals surface area contributed by atoms with Crippen LogP contribution < -0.4 is 19.7 Å². The third-order valence-corrected chi connectivity index (χ3v) is 4.57. The predicted molar refractivity (Wildman–Crippen MR) is 104 cm³/mol. The molecule has 1 N–H and O–H groups in total. The Morgan fingerprint density at radius 1 is 1.19 bits per heavy atom. The normalized spacial score (nSPS) is 16.3. The van der Waals surface area contributed by atoms with Crippen LogP contribution in [-0.2, 0) is 9.59 Å². The molecular weight excluding hydrogens is 344 g/mol. The lowest BCUT2D eigenvalue weighted by atomic mass is 10.1. The van der Waals surface area contributed by atoms with E-state index in [0.29, 0.717) is 30.3 Å². The van der Waals surface area contributed by atoms with E-state index in [1.165, 1.54) is 0 Å². The minimum absolute atomic E-state index is 0.0386. The van der Waals surface area contributed by atoms with Crippen molar-refractivity contribution in [2.45, 2.75) is 20.3 Å². The van der Waals surface area contributed by atoms with E-state index in [4.69, 9.17) is 9.47 Å². The van der Waals surface area contributed by atoms with Gasteiger partial charge in [-0.2, -0.15) is 0 Å². The van der Waals surface area contributed by atoms with Gasteiger partial charge >= 0.3 is 0 Å². The van der Waals surface area contributed by atoms with Crippen LogP contribution in [0.4, 0.5) is 11.4 Å². The fraction of sp³-hybridized carbons (Fsp3) is 0.333. The first-order chi connectivity index (χ1) is 13.0. The Morgan fingerprint density at radius 3 is 2.59 bits per heavy atom. The van der Waals surface area contributed by atoms with E-state index in [2.05, 4.69) is 5.32 Å². The average molecular weight is 368 g/mol. The molecule has 3 rings (SSSR count). The highest BCUT2D eigenvalue weighted by molar-refractivity contribution is 6.03. The number of anilines is 2. The van der Waals surface area contributed by atoms with Crippen molar-refractivity contribution < 1.29 is 19.1 Å². The molecule has 2 amide bonds. The van der Waals surface area contributed by atoms with Crippen LogP contribution in [0.5, 0.6) is 11.5 Å². The van der Waals surface area contributed by atoms with Crippen molar-refractivity contribution in [3.8, 4) is 11.5 Å². The number of ether oxygens (including phenoxy) is 2. The molecule has 0 bridgehead atoms. The van der Waals surface area contributed by atoms with Gasteiger partial charge in [0.05, 0.1) is 19.6 Å². The Morgan fingerprint density at radius 2 is 1.93 bits per heavy atom. The van der Waals surface area contributed by atoms with Gasteiger partial charge in [0.25, 0.3) is 0 Å². The molecule has 0 radical (unpaired) electrons. The van der Waals surface area contributed by atoms with Crippen molar-refractivity contribution in [1.29, 1.82) is 0 Å². The summed E-state index contributed by atoms with van der Waals surface area (Å²) in [7, 11) is 1.55. The molecular formula is C21H24N2O4. The number of hydrogen-bond donors (Lipinski definition) is 1. The van der Waals surface area contributed by atoms with Gasteiger partial charge in [0, 0.05) is 30.4 Å². The van der Waals surface area contributed by atoms with Crippen molar-refractivity contribution in [3.05, 3.63) is 48.0 Å². The molecule has 0 aromatic heterocycles. The van der Waals surface area contributed by atoms with Gasteiger partial charge in [-0.15, -0.1) is 0 Å². The van der Waals surface area contributed by atoms with Crippen molar-refractivity contribution in [2.24, 2.45) is 5.92 Å². The van der Waals surface area contributed by atoms with Crippen molar-refractivity contribution >= 4 is 23.2 Å². The molecule has 142 valence electrons. The molecule has 27 heavy (non-hydrogen) atoms. The minimum Gasteiger partial charge on any atom is -0.493 e. The molecule has 2 aromatic rings. The summed E-state index contributed by atoms with van der Waals surface area (Å²) in [5.74, 6) is 0.571. The zero-order chi connectivity index (χ0) is 19.4. The second-order valence-electron chi connectivity index (χ2n) is 6.53. The molecule has 0 spiro atoms. The lowest BCUT2D eigenvalue weighted by molar-refractivity contribution is -0.122. The van der Waals surface area contributed by atoms with Gasteiger partial charge in [-0.1, -0.05) is 17.7 Å². The Hall–Kier alpha value is -3.02. The largest absolute Gasteiger partial charge is 0.493 e. The quantitative estimate of drug-likeness (QED) is 0.849. The summed E-state index contributed by atoms with van der Waals surface area (Å²) in [6, 6.07) is 13.0. The molecule has 6 nitrogen and oxygen atoms in total. The van der Waals surface area contributed by atoms with Crippen LogP contribution in [0.1, 0.15) is 18.9 Å². The number of nitrogens with zero attached hydrogens (tertiary/aromatic N) is 1. The van der Waals surface area contributed by atoms with E-state index in [1.54, 1.807) is 30.2 Å². The monoisotopic (exact) mass is 368 g/mol. The van der Waals surface area contributed by atoms with Gasteiger partial charge in [0.1, 0.15) is 0 Å². The topological polar surface area (TPSA) is 67.9 Å². The molecule has 2 aromatic carbocycles. The van der Waals surface area contributed by atoms with Gasteiger partial charge in [-0.25, -0.2) is 0 Å². The number of hydrogen-bond acceptors (Lipinski definition) is 4. The maximum Gasteiger partial charge on any atom is 0.229 e. The first-order valence-electron chi connectivity index (χ1n) is 9.00. The Bertz CT molecular complexity index is 833. The molecule has 6 heteroatoms. The van der Waals surface area contributed by atoms with E-state index in [9.17, 15) is 9.59 Å². The van der Waals surface area contributed by atoms with E-state index in [1.807, 2.05) is 38.1 Å². The number of carbonyl (C=O) groups excluding carboxylic acids is 2. The summed E-state index contributed by atoms with van der Waals surface area (Å²) in [6.45, 7) is 4.80. The Kier molecular flexibility index (Phi) is 5.64. The maximum atomic E-state index is 12.6. The van der Waals surface area contributed by atoms with Gasteiger partial charge in [0.15, 0.2) is 11.5 Å². The average Bonchev–Trinajstić information content (AvgIpc) is 3.05. The van der Waals surface area contributed by atoms with E-state index in [0.717, 1.165) is 11.3 Å². The lowest BCUT2D eigenvalue weighted by Gasteiger charge is -2.17. The molecule has 1 aliphatic rings. The number of benzene rings is 2. The van der Waals surface area contributed by atoms with Gasteiger partial charge in [-0.3, -0.25) is 9.59 Å². The van der Waals surface area contributed by atoms with E-state index < -0.39 is 5.92 Å². The summed E-state index contributed by atoms with van der Waals surface area (Å²) in [4.78, 5) is 26.7. The highest BCUT2D eigenvalue weighted by Crippen LogP contribution is 2.31. The second-order valence-corrected chi connectivity index (χ2v) is 6.53. The number of amides is 2. The van der Waals surface area contributed by atoms with Crippen LogP contribution in [0.25, 0.3) is 0 Å².